The zero-order chi connectivity index (χ0) is 13.4. The van der Waals surface area contributed by atoms with Gasteiger partial charge in [0.2, 0.25) is 0 Å². The fraction of sp³-hybridized carbons (Fsp3) is 0.333. The largest absolute Gasteiger partial charge is 0.338 e. The molecule has 0 saturated heterocycles. The van der Waals surface area contributed by atoms with E-state index in [1.807, 2.05) is 35.9 Å². The topological polar surface area (TPSA) is 39.8 Å². The van der Waals surface area contributed by atoms with E-state index in [0.717, 1.165) is 35.8 Å². The molecule has 3 rings (SSSR count). The minimum absolute atomic E-state index is 0.0529. The lowest BCUT2D eigenvalue weighted by Crippen LogP contribution is -2.22. The maximum absolute atomic E-state index is 12.5. The molecule has 2 aromatic heterocycles. The second-order valence-electron chi connectivity index (χ2n) is 4.87. The van der Waals surface area contributed by atoms with Crippen molar-refractivity contribution >= 4 is 21.9 Å². The molecular formula is C15H17N3O. The number of aryl methyl sites for hydroxylation is 2. The van der Waals surface area contributed by atoms with Crippen molar-refractivity contribution in [2.24, 2.45) is 7.05 Å². The van der Waals surface area contributed by atoms with Gasteiger partial charge in [0.05, 0.1) is 11.8 Å². The lowest BCUT2D eigenvalue weighted by molar-refractivity contribution is 0.607. The van der Waals surface area contributed by atoms with Gasteiger partial charge >= 0.3 is 0 Å². The second-order valence-corrected chi connectivity index (χ2v) is 4.87. The number of aromatic nitrogens is 3. The quantitative estimate of drug-likeness (QED) is 0.722. The summed E-state index contributed by atoms with van der Waals surface area (Å²) < 4.78 is 3.66. The van der Waals surface area contributed by atoms with E-state index in [0.29, 0.717) is 5.52 Å². The number of fused-ring (bicyclic) bond motifs is 3. The first-order valence-corrected chi connectivity index (χ1v) is 6.66. The van der Waals surface area contributed by atoms with Crippen LogP contribution in [0.1, 0.15) is 19.8 Å². The van der Waals surface area contributed by atoms with Crippen LogP contribution in [0.4, 0.5) is 0 Å². The minimum Gasteiger partial charge on any atom is -0.338 e. The Bertz CT molecular complexity index is 798. The Morgan fingerprint density at radius 2 is 2.05 bits per heavy atom. The van der Waals surface area contributed by atoms with E-state index in [-0.39, 0.29) is 5.56 Å². The van der Waals surface area contributed by atoms with Crippen molar-refractivity contribution in [1.29, 1.82) is 0 Å². The van der Waals surface area contributed by atoms with Crippen LogP contribution in [0, 0.1) is 0 Å². The van der Waals surface area contributed by atoms with Crippen LogP contribution in [-0.4, -0.2) is 14.1 Å². The number of para-hydroxylation sites is 1. The Labute approximate surface area is 111 Å². The maximum atomic E-state index is 12.5. The van der Waals surface area contributed by atoms with Crippen LogP contribution in [0.3, 0.4) is 0 Å². The van der Waals surface area contributed by atoms with Crippen LogP contribution in [-0.2, 0) is 13.6 Å². The smallest absolute Gasteiger partial charge is 0.277 e. The summed E-state index contributed by atoms with van der Waals surface area (Å²) in [5.74, 6) is 0. The Morgan fingerprint density at radius 1 is 1.26 bits per heavy atom. The first kappa shape index (κ1) is 12.0. The third-order valence-corrected chi connectivity index (χ3v) is 3.62. The monoisotopic (exact) mass is 255 g/mol. The molecule has 1 aromatic carbocycles. The Kier molecular flexibility index (Phi) is 2.85. The molecule has 0 aliphatic heterocycles. The molecule has 98 valence electrons. The summed E-state index contributed by atoms with van der Waals surface area (Å²) >= 11 is 0. The summed E-state index contributed by atoms with van der Waals surface area (Å²) in [4.78, 5) is 17.0. The lowest BCUT2D eigenvalue weighted by Gasteiger charge is -2.04. The normalized spacial score (nSPS) is 11.5. The van der Waals surface area contributed by atoms with Crippen molar-refractivity contribution in [2.45, 2.75) is 26.3 Å². The molecule has 0 N–H and O–H groups in total. The van der Waals surface area contributed by atoms with Crippen LogP contribution < -0.4 is 5.56 Å². The van der Waals surface area contributed by atoms with Crippen LogP contribution in [0.5, 0.6) is 0 Å². The predicted molar refractivity (Wildman–Crippen MR) is 77.4 cm³/mol. The van der Waals surface area contributed by atoms with E-state index in [1.54, 1.807) is 10.9 Å². The molecule has 0 unspecified atom stereocenters. The number of hydrogen-bond donors (Lipinski definition) is 0. The van der Waals surface area contributed by atoms with Crippen molar-refractivity contribution in [3.63, 3.8) is 0 Å². The van der Waals surface area contributed by atoms with E-state index in [4.69, 9.17) is 0 Å². The summed E-state index contributed by atoms with van der Waals surface area (Å²) in [6.07, 6.45) is 3.74. The standard InChI is InChI=1S/C15H17N3O/c1-3-4-9-18-10-16-13-11-7-5-6-8-12(11)17(2)14(13)15(18)19/h5-8,10H,3-4,9H2,1-2H3. The fourth-order valence-corrected chi connectivity index (χ4v) is 2.55. The highest BCUT2D eigenvalue weighted by atomic mass is 16.1. The molecule has 4 heteroatoms. The fourth-order valence-electron chi connectivity index (χ4n) is 2.55. The van der Waals surface area contributed by atoms with E-state index >= 15 is 0 Å². The second kappa shape index (κ2) is 4.53. The van der Waals surface area contributed by atoms with E-state index in [9.17, 15) is 4.79 Å². The Morgan fingerprint density at radius 3 is 2.84 bits per heavy atom. The van der Waals surface area contributed by atoms with Crippen molar-refractivity contribution < 1.29 is 0 Å². The number of benzene rings is 1. The van der Waals surface area contributed by atoms with Crippen molar-refractivity contribution in [1.82, 2.24) is 14.1 Å². The highest BCUT2D eigenvalue weighted by Crippen LogP contribution is 2.23. The molecule has 0 atom stereocenters. The third kappa shape index (κ3) is 1.75. The molecule has 0 aliphatic carbocycles. The van der Waals surface area contributed by atoms with Gasteiger partial charge in [-0.2, -0.15) is 0 Å². The first-order valence-electron chi connectivity index (χ1n) is 6.66. The number of rotatable bonds is 3. The van der Waals surface area contributed by atoms with Gasteiger partial charge in [-0.05, 0) is 12.5 Å². The van der Waals surface area contributed by atoms with Gasteiger partial charge in [-0.15, -0.1) is 0 Å². The average Bonchev–Trinajstić information content (AvgIpc) is 2.73. The van der Waals surface area contributed by atoms with Crippen molar-refractivity contribution in [3.8, 4) is 0 Å². The van der Waals surface area contributed by atoms with Crippen LogP contribution >= 0.6 is 0 Å². The number of unbranched alkanes of at least 4 members (excludes halogenated alkanes) is 1. The first-order chi connectivity index (χ1) is 9.24. The Hall–Kier alpha value is -2.10. The zero-order valence-corrected chi connectivity index (χ0v) is 11.3. The molecule has 0 radical (unpaired) electrons. The molecule has 0 spiro atoms. The van der Waals surface area contributed by atoms with Gasteiger partial charge in [0, 0.05) is 19.0 Å². The molecule has 3 aromatic rings. The highest BCUT2D eigenvalue weighted by molar-refractivity contribution is 6.05. The summed E-state index contributed by atoms with van der Waals surface area (Å²) in [5.41, 5.74) is 2.60. The molecule has 0 amide bonds. The van der Waals surface area contributed by atoms with Crippen molar-refractivity contribution in [2.75, 3.05) is 0 Å². The third-order valence-electron chi connectivity index (χ3n) is 3.62. The predicted octanol–water partition coefficient (Wildman–Crippen LogP) is 2.69. The molecule has 0 bridgehead atoms. The van der Waals surface area contributed by atoms with Gasteiger partial charge in [-0.1, -0.05) is 31.5 Å². The van der Waals surface area contributed by atoms with Gasteiger partial charge in [-0.25, -0.2) is 4.98 Å². The summed E-state index contributed by atoms with van der Waals surface area (Å²) in [5, 5.41) is 1.04. The maximum Gasteiger partial charge on any atom is 0.277 e. The molecule has 0 saturated carbocycles. The van der Waals surface area contributed by atoms with E-state index in [2.05, 4.69) is 11.9 Å². The molecule has 4 nitrogen and oxygen atoms in total. The van der Waals surface area contributed by atoms with Gasteiger partial charge in [0.25, 0.3) is 5.56 Å². The highest BCUT2D eigenvalue weighted by Gasteiger charge is 2.13. The van der Waals surface area contributed by atoms with Crippen molar-refractivity contribution in [3.05, 3.63) is 40.9 Å². The summed E-state index contributed by atoms with van der Waals surface area (Å²) in [6, 6.07) is 8.00. The summed E-state index contributed by atoms with van der Waals surface area (Å²) in [6.45, 7) is 2.85. The lowest BCUT2D eigenvalue weighted by atomic mass is 10.2. The zero-order valence-electron chi connectivity index (χ0n) is 11.3. The molecular weight excluding hydrogens is 238 g/mol. The number of hydrogen-bond acceptors (Lipinski definition) is 2. The van der Waals surface area contributed by atoms with E-state index < -0.39 is 0 Å². The number of nitrogens with zero attached hydrogens (tertiary/aromatic N) is 3. The van der Waals surface area contributed by atoms with Crippen LogP contribution in [0.15, 0.2) is 35.4 Å². The van der Waals surface area contributed by atoms with Crippen LogP contribution in [0.2, 0.25) is 0 Å². The molecule has 0 aliphatic rings. The Balaban J connectivity index is 2.34. The molecule has 2 heterocycles. The van der Waals surface area contributed by atoms with E-state index in [1.165, 1.54) is 0 Å². The SMILES string of the molecule is CCCCn1cnc2c3ccccc3n(C)c2c1=O. The van der Waals surface area contributed by atoms with Gasteiger partial charge in [-0.3, -0.25) is 9.36 Å². The minimum atomic E-state index is 0.0529. The average molecular weight is 255 g/mol. The van der Waals surface area contributed by atoms with Gasteiger partial charge < -0.3 is 4.57 Å². The van der Waals surface area contributed by atoms with Gasteiger partial charge in [0.1, 0.15) is 11.0 Å². The summed E-state index contributed by atoms with van der Waals surface area (Å²) in [7, 11) is 1.93. The van der Waals surface area contributed by atoms with Gasteiger partial charge in [0.15, 0.2) is 0 Å². The molecule has 0 fully saturated rings. The molecule has 19 heavy (non-hydrogen) atoms. The van der Waals surface area contributed by atoms with Crippen LogP contribution in [0.25, 0.3) is 21.9 Å².